The summed E-state index contributed by atoms with van der Waals surface area (Å²) in [4.78, 5) is 0. The monoisotopic (exact) mass is 239 g/mol. The van der Waals surface area contributed by atoms with Gasteiger partial charge in [0.15, 0.2) is 0 Å². The summed E-state index contributed by atoms with van der Waals surface area (Å²) in [6, 6.07) is 0.534. The minimum atomic E-state index is 0.534. The SMILES string of the molecule is CC1CCCCC1n1c(Cl)nnc1C1CC1. The zero-order valence-corrected chi connectivity index (χ0v) is 10.5. The molecule has 0 spiro atoms. The van der Waals surface area contributed by atoms with Crippen molar-refractivity contribution in [2.75, 3.05) is 0 Å². The van der Waals surface area contributed by atoms with E-state index in [1.807, 2.05) is 0 Å². The van der Waals surface area contributed by atoms with Crippen LogP contribution in [0, 0.1) is 5.92 Å². The van der Waals surface area contributed by atoms with Gasteiger partial charge in [-0.2, -0.15) is 0 Å². The van der Waals surface area contributed by atoms with Gasteiger partial charge in [-0.15, -0.1) is 10.2 Å². The lowest BCUT2D eigenvalue weighted by molar-refractivity contribution is 0.252. The largest absolute Gasteiger partial charge is 0.298 e. The molecule has 1 aromatic heterocycles. The van der Waals surface area contributed by atoms with Crippen molar-refractivity contribution in [2.45, 2.75) is 57.4 Å². The normalized spacial score (nSPS) is 30.6. The van der Waals surface area contributed by atoms with Crippen LogP contribution in [0.1, 0.15) is 63.2 Å². The van der Waals surface area contributed by atoms with Crippen LogP contribution in [0.2, 0.25) is 5.28 Å². The number of nitrogens with zero attached hydrogens (tertiary/aromatic N) is 3. The Balaban J connectivity index is 1.93. The molecule has 2 atom stereocenters. The molecule has 0 radical (unpaired) electrons. The van der Waals surface area contributed by atoms with E-state index in [1.165, 1.54) is 38.5 Å². The summed E-state index contributed by atoms with van der Waals surface area (Å²) >= 11 is 6.20. The summed E-state index contributed by atoms with van der Waals surface area (Å²) in [5.41, 5.74) is 0. The lowest BCUT2D eigenvalue weighted by Crippen LogP contribution is -2.22. The number of rotatable bonds is 2. The van der Waals surface area contributed by atoms with E-state index in [1.54, 1.807) is 0 Å². The Morgan fingerprint density at radius 1 is 1.12 bits per heavy atom. The molecule has 0 N–H and O–H groups in total. The molecule has 2 fully saturated rings. The zero-order valence-electron chi connectivity index (χ0n) is 9.69. The highest BCUT2D eigenvalue weighted by Gasteiger charge is 2.34. The van der Waals surface area contributed by atoms with Crippen LogP contribution in [-0.2, 0) is 0 Å². The summed E-state index contributed by atoms with van der Waals surface area (Å²) < 4.78 is 2.23. The summed E-state index contributed by atoms with van der Waals surface area (Å²) in [6.07, 6.45) is 7.73. The third-order valence-electron chi connectivity index (χ3n) is 4.02. The lowest BCUT2D eigenvalue weighted by atomic mass is 9.85. The second-order valence-electron chi connectivity index (χ2n) is 5.30. The first-order valence-corrected chi connectivity index (χ1v) is 6.75. The van der Waals surface area contributed by atoms with Crippen molar-refractivity contribution in [3.8, 4) is 0 Å². The Bertz CT molecular complexity index is 384. The Morgan fingerprint density at radius 3 is 2.56 bits per heavy atom. The van der Waals surface area contributed by atoms with Crippen molar-refractivity contribution in [3.05, 3.63) is 11.1 Å². The second-order valence-corrected chi connectivity index (χ2v) is 5.64. The lowest BCUT2D eigenvalue weighted by Gasteiger charge is -2.31. The van der Waals surface area contributed by atoms with Gasteiger partial charge in [0.25, 0.3) is 0 Å². The molecular formula is C12H18ClN3. The highest BCUT2D eigenvalue weighted by Crippen LogP contribution is 2.43. The minimum absolute atomic E-state index is 0.534. The van der Waals surface area contributed by atoms with Crippen molar-refractivity contribution in [1.29, 1.82) is 0 Å². The van der Waals surface area contributed by atoms with Gasteiger partial charge in [0, 0.05) is 12.0 Å². The van der Waals surface area contributed by atoms with Gasteiger partial charge in [0.2, 0.25) is 5.28 Å². The van der Waals surface area contributed by atoms with Gasteiger partial charge < -0.3 is 0 Å². The molecule has 2 aliphatic rings. The van der Waals surface area contributed by atoms with Crippen LogP contribution in [0.4, 0.5) is 0 Å². The van der Waals surface area contributed by atoms with Crippen molar-refractivity contribution in [3.63, 3.8) is 0 Å². The van der Waals surface area contributed by atoms with E-state index in [2.05, 4.69) is 21.7 Å². The van der Waals surface area contributed by atoms with Gasteiger partial charge in [0.05, 0.1) is 0 Å². The predicted molar refractivity (Wildman–Crippen MR) is 63.7 cm³/mol. The highest BCUT2D eigenvalue weighted by atomic mass is 35.5. The molecule has 0 aromatic carbocycles. The standard InChI is InChI=1S/C12H18ClN3/c1-8-4-2-3-5-10(8)16-11(9-6-7-9)14-15-12(16)13/h8-10H,2-7H2,1H3. The van der Waals surface area contributed by atoms with E-state index in [4.69, 9.17) is 11.6 Å². The van der Waals surface area contributed by atoms with Crippen LogP contribution in [0.5, 0.6) is 0 Å². The first-order valence-electron chi connectivity index (χ1n) is 6.37. The fourth-order valence-electron chi connectivity index (χ4n) is 2.89. The van der Waals surface area contributed by atoms with Crippen LogP contribution in [-0.4, -0.2) is 14.8 Å². The van der Waals surface area contributed by atoms with E-state index in [0.29, 0.717) is 23.2 Å². The van der Waals surface area contributed by atoms with Crippen LogP contribution in [0.3, 0.4) is 0 Å². The number of hydrogen-bond acceptors (Lipinski definition) is 2. The van der Waals surface area contributed by atoms with Gasteiger partial charge in [-0.1, -0.05) is 19.8 Å². The molecule has 0 saturated heterocycles. The smallest absolute Gasteiger partial charge is 0.225 e. The molecule has 0 bridgehead atoms. The summed E-state index contributed by atoms with van der Waals surface area (Å²) in [5.74, 6) is 2.48. The molecule has 2 aliphatic carbocycles. The van der Waals surface area contributed by atoms with Gasteiger partial charge in [-0.25, -0.2) is 0 Å². The van der Waals surface area contributed by atoms with Crippen molar-refractivity contribution >= 4 is 11.6 Å². The molecule has 16 heavy (non-hydrogen) atoms. The van der Waals surface area contributed by atoms with Crippen LogP contribution >= 0.6 is 11.6 Å². The predicted octanol–water partition coefficient (Wildman–Crippen LogP) is 3.56. The molecule has 3 rings (SSSR count). The van der Waals surface area contributed by atoms with Gasteiger partial charge in [-0.3, -0.25) is 4.57 Å². The molecule has 0 aliphatic heterocycles. The molecule has 1 heterocycles. The van der Waals surface area contributed by atoms with E-state index in [0.717, 1.165) is 5.82 Å². The molecular weight excluding hydrogens is 222 g/mol. The maximum absolute atomic E-state index is 6.20. The topological polar surface area (TPSA) is 30.7 Å². The fraction of sp³-hybridized carbons (Fsp3) is 0.833. The molecule has 2 unspecified atom stereocenters. The Labute approximate surface area is 101 Å². The summed E-state index contributed by atoms with van der Waals surface area (Å²) in [6.45, 7) is 2.33. The first-order chi connectivity index (χ1) is 7.77. The zero-order chi connectivity index (χ0) is 11.1. The van der Waals surface area contributed by atoms with E-state index in [9.17, 15) is 0 Å². The van der Waals surface area contributed by atoms with Crippen LogP contribution in [0.25, 0.3) is 0 Å². The minimum Gasteiger partial charge on any atom is -0.298 e. The Hall–Kier alpha value is -0.570. The van der Waals surface area contributed by atoms with Crippen LogP contribution in [0.15, 0.2) is 0 Å². The molecule has 3 nitrogen and oxygen atoms in total. The molecule has 2 saturated carbocycles. The van der Waals surface area contributed by atoms with E-state index < -0.39 is 0 Å². The molecule has 88 valence electrons. The van der Waals surface area contributed by atoms with Gasteiger partial charge in [-0.05, 0) is 43.2 Å². The second kappa shape index (κ2) is 4.02. The van der Waals surface area contributed by atoms with E-state index in [-0.39, 0.29) is 0 Å². The molecule has 1 aromatic rings. The maximum Gasteiger partial charge on any atom is 0.225 e. The third-order valence-corrected chi connectivity index (χ3v) is 4.28. The highest BCUT2D eigenvalue weighted by molar-refractivity contribution is 6.28. The average molecular weight is 240 g/mol. The third kappa shape index (κ3) is 1.75. The average Bonchev–Trinajstić information content (AvgIpc) is 3.04. The molecule has 0 amide bonds. The van der Waals surface area contributed by atoms with Crippen molar-refractivity contribution < 1.29 is 0 Å². The quantitative estimate of drug-likeness (QED) is 0.790. The summed E-state index contributed by atoms with van der Waals surface area (Å²) in [7, 11) is 0. The van der Waals surface area contributed by atoms with Gasteiger partial charge >= 0.3 is 0 Å². The Kier molecular flexibility index (Phi) is 2.66. The number of halogens is 1. The van der Waals surface area contributed by atoms with Gasteiger partial charge in [0.1, 0.15) is 5.82 Å². The van der Waals surface area contributed by atoms with Crippen molar-refractivity contribution in [1.82, 2.24) is 14.8 Å². The number of hydrogen-bond donors (Lipinski definition) is 0. The molecule has 4 heteroatoms. The van der Waals surface area contributed by atoms with E-state index >= 15 is 0 Å². The first kappa shape index (κ1) is 10.6. The number of aromatic nitrogens is 3. The summed E-state index contributed by atoms with van der Waals surface area (Å²) in [5, 5.41) is 8.93. The van der Waals surface area contributed by atoms with Crippen LogP contribution < -0.4 is 0 Å². The Morgan fingerprint density at radius 2 is 1.88 bits per heavy atom. The van der Waals surface area contributed by atoms with Crippen molar-refractivity contribution in [2.24, 2.45) is 5.92 Å². The maximum atomic E-state index is 6.20. The fourth-order valence-corrected chi connectivity index (χ4v) is 3.14.